The van der Waals surface area contributed by atoms with Gasteiger partial charge < -0.3 is 5.32 Å². The SMILES string of the molecule is CCCNCc1nc(-c2cc(C)c(C)cc2C)cs1. The van der Waals surface area contributed by atoms with Crippen LogP contribution in [0, 0.1) is 20.8 Å². The highest BCUT2D eigenvalue weighted by atomic mass is 32.1. The van der Waals surface area contributed by atoms with Crippen LogP contribution < -0.4 is 5.32 Å². The summed E-state index contributed by atoms with van der Waals surface area (Å²) in [5.74, 6) is 0. The summed E-state index contributed by atoms with van der Waals surface area (Å²) < 4.78 is 0. The Morgan fingerprint density at radius 3 is 2.58 bits per heavy atom. The molecule has 2 aromatic rings. The quantitative estimate of drug-likeness (QED) is 0.825. The summed E-state index contributed by atoms with van der Waals surface area (Å²) in [6.07, 6.45) is 1.16. The van der Waals surface area contributed by atoms with Crippen LogP contribution in [-0.4, -0.2) is 11.5 Å². The van der Waals surface area contributed by atoms with Crippen LogP contribution in [0.2, 0.25) is 0 Å². The lowest BCUT2D eigenvalue weighted by Gasteiger charge is -2.07. The molecule has 2 rings (SSSR count). The Balaban J connectivity index is 2.20. The average molecular weight is 274 g/mol. The zero-order valence-electron chi connectivity index (χ0n) is 12.2. The molecular formula is C16H22N2S. The maximum Gasteiger partial charge on any atom is 0.107 e. The maximum absolute atomic E-state index is 4.74. The summed E-state index contributed by atoms with van der Waals surface area (Å²) in [6.45, 7) is 10.6. The molecule has 1 aromatic heterocycles. The van der Waals surface area contributed by atoms with Gasteiger partial charge in [-0.2, -0.15) is 0 Å². The van der Waals surface area contributed by atoms with Gasteiger partial charge in [-0.15, -0.1) is 11.3 Å². The van der Waals surface area contributed by atoms with Crippen molar-refractivity contribution in [1.29, 1.82) is 0 Å². The Hall–Kier alpha value is -1.19. The number of nitrogens with one attached hydrogen (secondary N) is 1. The average Bonchev–Trinajstić information content (AvgIpc) is 2.83. The molecule has 2 nitrogen and oxygen atoms in total. The topological polar surface area (TPSA) is 24.9 Å². The first-order valence-corrected chi connectivity index (χ1v) is 7.73. The van der Waals surface area contributed by atoms with Crippen LogP contribution in [0.4, 0.5) is 0 Å². The Morgan fingerprint density at radius 1 is 1.11 bits per heavy atom. The van der Waals surface area contributed by atoms with Crippen LogP contribution >= 0.6 is 11.3 Å². The van der Waals surface area contributed by atoms with E-state index in [-0.39, 0.29) is 0 Å². The molecule has 0 atom stereocenters. The lowest BCUT2D eigenvalue weighted by molar-refractivity contribution is 0.673. The van der Waals surface area contributed by atoms with Gasteiger partial charge in [-0.05, 0) is 56.5 Å². The van der Waals surface area contributed by atoms with E-state index in [4.69, 9.17) is 4.98 Å². The summed E-state index contributed by atoms with van der Waals surface area (Å²) in [7, 11) is 0. The second kappa shape index (κ2) is 6.31. The minimum Gasteiger partial charge on any atom is -0.310 e. The molecule has 1 N–H and O–H groups in total. The van der Waals surface area contributed by atoms with Crippen LogP contribution in [0.1, 0.15) is 35.0 Å². The van der Waals surface area contributed by atoms with Crippen molar-refractivity contribution in [3.05, 3.63) is 39.2 Å². The molecule has 102 valence electrons. The Kier molecular flexibility index (Phi) is 4.72. The molecule has 0 radical (unpaired) electrons. The predicted molar refractivity (Wildman–Crippen MR) is 83.8 cm³/mol. The second-order valence-electron chi connectivity index (χ2n) is 5.05. The zero-order chi connectivity index (χ0) is 13.8. The highest BCUT2D eigenvalue weighted by Gasteiger charge is 2.08. The Morgan fingerprint density at radius 2 is 1.84 bits per heavy atom. The molecule has 0 unspecified atom stereocenters. The summed E-state index contributed by atoms with van der Waals surface area (Å²) in [4.78, 5) is 4.74. The zero-order valence-corrected chi connectivity index (χ0v) is 13.0. The largest absolute Gasteiger partial charge is 0.310 e. The normalized spacial score (nSPS) is 10.9. The van der Waals surface area contributed by atoms with E-state index >= 15 is 0 Å². The fraction of sp³-hybridized carbons (Fsp3) is 0.438. The van der Waals surface area contributed by atoms with Gasteiger partial charge in [-0.1, -0.05) is 13.0 Å². The molecule has 0 fully saturated rings. The molecule has 1 aromatic carbocycles. The molecule has 0 saturated heterocycles. The van der Waals surface area contributed by atoms with Gasteiger partial charge in [0.05, 0.1) is 5.69 Å². The smallest absolute Gasteiger partial charge is 0.107 e. The van der Waals surface area contributed by atoms with E-state index in [1.165, 1.54) is 27.3 Å². The molecule has 0 aliphatic carbocycles. The summed E-state index contributed by atoms with van der Waals surface area (Å²) >= 11 is 1.74. The molecular weight excluding hydrogens is 252 g/mol. The van der Waals surface area contributed by atoms with Gasteiger partial charge in [0.15, 0.2) is 0 Å². The predicted octanol–water partition coefficient (Wildman–Crippen LogP) is 4.23. The van der Waals surface area contributed by atoms with Gasteiger partial charge in [0.1, 0.15) is 5.01 Å². The number of benzene rings is 1. The van der Waals surface area contributed by atoms with E-state index in [1.807, 2.05) is 0 Å². The number of thiazole rings is 1. The number of aromatic nitrogens is 1. The highest BCUT2D eigenvalue weighted by Crippen LogP contribution is 2.27. The van der Waals surface area contributed by atoms with Crippen LogP contribution in [0.5, 0.6) is 0 Å². The minimum atomic E-state index is 0.877. The highest BCUT2D eigenvalue weighted by molar-refractivity contribution is 7.09. The van der Waals surface area contributed by atoms with Crippen LogP contribution in [-0.2, 0) is 6.54 Å². The van der Waals surface area contributed by atoms with E-state index in [1.54, 1.807) is 11.3 Å². The molecule has 0 spiro atoms. The maximum atomic E-state index is 4.74. The third kappa shape index (κ3) is 3.43. The van der Waals surface area contributed by atoms with Gasteiger partial charge in [0.2, 0.25) is 0 Å². The van der Waals surface area contributed by atoms with Crippen LogP contribution in [0.3, 0.4) is 0 Å². The van der Waals surface area contributed by atoms with Gasteiger partial charge in [-0.25, -0.2) is 4.98 Å². The number of hydrogen-bond donors (Lipinski definition) is 1. The fourth-order valence-electron chi connectivity index (χ4n) is 2.12. The summed E-state index contributed by atoms with van der Waals surface area (Å²) in [5.41, 5.74) is 6.36. The second-order valence-corrected chi connectivity index (χ2v) is 6.00. The molecule has 3 heteroatoms. The van der Waals surface area contributed by atoms with E-state index < -0.39 is 0 Å². The molecule has 0 bridgehead atoms. The Bertz CT molecular complexity index is 558. The minimum absolute atomic E-state index is 0.877. The van der Waals surface area contributed by atoms with Gasteiger partial charge >= 0.3 is 0 Å². The first-order chi connectivity index (χ1) is 9.11. The fourth-order valence-corrected chi connectivity index (χ4v) is 2.89. The van der Waals surface area contributed by atoms with Gasteiger partial charge in [-0.3, -0.25) is 0 Å². The molecule has 0 aliphatic heterocycles. The van der Waals surface area contributed by atoms with Crippen molar-refractivity contribution in [3.8, 4) is 11.3 Å². The molecule has 19 heavy (non-hydrogen) atoms. The lowest BCUT2D eigenvalue weighted by atomic mass is 9.99. The van der Waals surface area contributed by atoms with Crippen LogP contribution in [0.25, 0.3) is 11.3 Å². The summed E-state index contributed by atoms with van der Waals surface area (Å²) in [6, 6.07) is 4.50. The van der Waals surface area contributed by atoms with Crippen molar-refractivity contribution in [2.24, 2.45) is 0 Å². The van der Waals surface area contributed by atoms with Crippen molar-refractivity contribution in [2.75, 3.05) is 6.54 Å². The molecule has 1 heterocycles. The van der Waals surface area contributed by atoms with Gasteiger partial charge in [0, 0.05) is 17.5 Å². The standard InChI is InChI=1S/C16H22N2S/c1-5-6-17-9-16-18-15(10-19-16)14-8-12(3)11(2)7-13(14)4/h7-8,10,17H,5-6,9H2,1-4H3. The number of aryl methyl sites for hydroxylation is 3. The molecule has 0 aliphatic rings. The third-order valence-corrected chi connectivity index (χ3v) is 4.22. The van der Waals surface area contributed by atoms with Crippen molar-refractivity contribution in [3.63, 3.8) is 0 Å². The first kappa shape index (κ1) is 14.2. The number of rotatable bonds is 5. The van der Waals surface area contributed by atoms with Crippen molar-refractivity contribution in [2.45, 2.75) is 40.7 Å². The number of nitrogens with zero attached hydrogens (tertiary/aromatic N) is 1. The lowest BCUT2D eigenvalue weighted by Crippen LogP contribution is -2.13. The van der Waals surface area contributed by atoms with Crippen molar-refractivity contribution in [1.82, 2.24) is 10.3 Å². The number of hydrogen-bond acceptors (Lipinski definition) is 3. The van der Waals surface area contributed by atoms with E-state index in [0.29, 0.717) is 0 Å². The van der Waals surface area contributed by atoms with E-state index in [0.717, 1.165) is 25.2 Å². The van der Waals surface area contributed by atoms with Crippen LogP contribution in [0.15, 0.2) is 17.5 Å². The third-order valence-electron chi connectivity index (χ3n) is 3.37. The van der Waals surface area contributed by atoms with Crippen molar-refractivity contribution < 1.29 is 0 Å². The van der Waals surface area contributed by atoms with E-state index in [2.05, 4.69) is 50.5 Å². The first-order valence-electron chi connectivity index (χ1n) is 6.85. The van der Waals surface area contributed by atoms with E-state index in [9.17, 15) is 0 Å². The van der Waals surface area contributed by atoms with Gasteiger partial charge in [0.25, 0.3) is 0 Å². The molecule has 0 amide bonds. The monoisotopic (exact) mass is 274 g/mol. The Labute approximate surface area is 119 Å². The molecule has 0 saturated carbocycles. The summed E-state index contributed by atoms with van der Waals surface area (Å²) in [5, 5.41) is 6.73. The van der Waals surface area contributed by atoms with Crippen molar-refractivity contribution >= 4 is 11.3 Å².